The van der Waals surface area contributed by atoms with E-state index in [1.165, 1.54) is 10.9 Å². The highest BCUT2D eigenvalue weighted by Gasteiger charge is 2.21. The minimum Gasteiger partial charge on any atom is -0.455 e. The summed E-state index contributed by atoms with van der Waals surface area (Å²) in [4.78, 5) is 0. The van der Waals surface area contributed by atoms with Crippen LogP contribution >= 0.6 is 0 Å². The topological polar surface area (TPSA) is 17.0 Å². The fourth-order valence-electron chi connectivity index (χ4n) is 4.12. The Kier molecular flexibility index (Phi) is 2.96. The molecule has 28 heavy (non-hydrogen) atoms. The lowest BCUT2D eigenvalue weighted by atomic mass is 9.98. The van der Waals surface area contributed by atoms with Crippen molar-refractivity contribution >= 4 is 32.7 Å². The first-order chi connectivity index (χ1) is 14.6. The van der Waals surface area contributed by atoms with Crippen LogP contribution in [0.25, 0.3) is 44.0 Å². The van der Waals surface area contributed by atoms with Gasteiger partial charge >= 0.3 is 0 Å². The van der Waals surface area contributed by atoms with Gasteiger partial charge in [0.05, 0.1) is 5.56 Å². The van der Waals surface area contributed by atoms with Crippen molar-refractivity contribution in [2.45, 2.75) is 27.6 Å². The third-order valence-electron chi connectivity index (χ3n) is 5.70. The predicted molar refractivity (Wildman–Crippen MR) is 117 cm³/mol. The fraction of sp³-hybridized carbons (Fsp3) is 0.192. The Bertz CT molecular complexity index is 1510. The van der Waals surface area contributed by atoms with Crippen molar-refractivity contribution in [2.24, 2.45) is 7.05 Å². The van der Waals surface area contributed by atoms with Crippen molar-refractivity contribution in [3.63, 3.8) is 0 Å². The largest absolute Gasteiger partial charge is 0.455 e. The lowest BCUT2D eigenvalue weighted by molar-refractivity contribution is -0.660. The van der Waals surface area contributed by atoms with E-state index in [-0.39, 0.29) is 0 Å². The maximum atomic E-state index is 7.82. The summed E-state index contributed by atoms with van der Waals surface area (Å²) in [7, 11) is 1.89. The van der Waals surface area contributed by atoms with Crippen LogP contribution in [0, 0.1) is 27.6 Å². The first-order valence-electron chi connectivity index (χ1n) is 11.0. The molecule has 0 aliphatic heterocycles. The van der Waals surface area contributed by atoms with Gasteiger partial charge in [-0.1, -0.05) is 35.9 Å². The van der Waals surface area contributed by atoms with Crippen LogP contribution < -0.4 is 4.57 Å². The van der Waals surface area contributed by atoms with Crippen molar-refractivity contribution in [3.05, 3.63) is 77.0 Å². The second kappa shape index (κ2) is 5.93. The maximum absolute atomic E-state index is 7.82. The first kappa shape index (κ1) is 14.0. The fourth-order valence-corrected chi connectivity index (χ4v) is 4.12. The number of aromatic nitrogens is 1. The Morgan fingerprint density at radius 3 is 2.50 bits per heavy atom. The van der Waals surface area contributed by atoms with Crippen LogP contribution in [0.3, 0.4) is 0 Å². The number of furan rings is 1. The molecule has 0 bridgehead atoms. The molecule has 2 heterocycles. The summed E-state index contributed by atoms with van der Waals surface area (Å²) in [5.74, 6) is 0. The van der Waals surface area contributed by atoms with E-state index in [0.717, 1.165) is 49.7 Å². The zero-order chi connectivity index (χ0) is 22.1. The number of hydrogen-bond donors (Lipinski definition) is 0. The third-order valence-corrected chi connectivity index (χ3v) is 5.70. The predicted octanol–water partition coefficient (Wildman–Crippen LogP) is 6.46. The molecular formula is C26H24NO+. The molecule has 3 aromatic carbocycles. The van der Waals surface area contributed by atoms with Gasteiger partial charge in [-0.2, -0.15) is 0 Å². The molecule has 2 nitrogen and oxygen atoms in total. The quantitative estimate of drug-likeness (QED) is 0.310. The van der Waals surface area contributed by atoms with E-state index in [1.54, 1.807) is 6.20 Å². The summed E-state index contributed by atoms with van der Waals surface area (Å²) < 4.78 is 31.8. The van der Waals surface area contributed by atoms with Gasteiger partial charge in [-0.25, -0.2) is 4.57 Å². The molecule has 0 N–H and O–H groups in total. The molecule has 0 fully saturated rings. The molecule has 5 rings (SSSR count). The zero-order valence-corrected chi connectivity index (χ0v) is 16.6. The second-order valence-corrected chi connectivity index (χ2v) is 7.80. The molecule has 0 atom stereocenters. The van der Waals surface area contributed by atoms with Gasteiger partial charge in [0.1, 0.15) is 18.2 Å². The van der Waals surface area contributed by atoms with Gasteiger partial charge in [0.2, 0.25) is 5.69 Å². The van der Waals surface area contributed by atoms with Gasteiger partial charge in [0.15, 0.2) is 6.20 Å². The van der Waals surface area contributed by atoms with Crippen molar-refractivity contribution < 1.29 is 13.1 Å². The molecule has 2 aromatic heterocycles. The van der Waals surface area contributed by atoms with Gasteiger partial charge in [-0.05, 0) is 61.7 Å². The SMILES string of the molecule is [2H]C([2H])([2H])c1c[n+](C)c(-c2c(C)ccc3c2oc2cc4cc(C)ccc4cc23)cc1C. The van der Waals surface area contributed by atoms with E-state index < -0.39 is 6.85 Å². The number of hydrogen-bond acceptors (Lipinski definition) is 1. The molecule has 0 aliphatic rings. The zero-order valence-electron chi connectivity index (χ0n) is 19.6. The monoisotopic (exact) mass is 369 g/mol. The van der Waals surface area contributed by atoms with Crippen molar-refractivity contribution in [2.75, 3.05) is 0 Å². The highest BCUT2D eigenvalue weighted by molar-refractivity contribution is 6.13. The van der Waals surface area contributed by atoms with Crippen molar-refractivity contribution in [1.29, 1.82) is 0 Å². The van der Waals surface area contributed by atoms with E-state index in [2.05, 4.69) is 56.3 Å². The number of benzene rings is 3. The molecule has 0 unspecified atom stereocenters. The van der Waals surface area contributed by atoms with Gasteiger partial charge in [0, 0.05) is 26.5 Å². The van der Waals surface area contributed by atoms with E-state index in [9.17, 15) is 0 Å². The van der Waals surface area contributed by atoms with Crippen LogP contribution in [0.5, 0.6) is 0 Å². The molecule has 0 saturated carbocycles. The Morgan fingerprint density at radius 1 is 0.821 bits per heavy atom. The Labute approximate surface area is 169 Å². The average Bonchev–Trinajstić information content (AvgIpc) is 3.04. The summed E-state index contributed by atoms with van der Waals surface area (Å²) in [5, 5.41) is 4.50. The molecule has 5 aromatic rings. The van der Waals surface area contributed by atoms with Gasteiger partial charge < -0.3 is 4.42 Å². The summed E-state index contributed by atoms with van der Waals surface area (Å²) in [6.07, 6.45) is 1.72. The molecule has 0 saturated heterocycles. The van der Waals surface area contributed by atoms with Crippen LogP contribution in [0.4, 0.5) is 0 Å². The highest BCUT2D eigenvalue weighted by atomic mass is 16.3. The van der Waals surface area contributed by atoms with Crippen LogP contribution in [-0.4, -0.2) is 0 Å². The lowest BCUT2D eigenvalue weighted by Gasteiger charge is -2.07. The van der Waals surface area contributed by atoms with Gasteiger partial charge in [-0.15, -0.1) is 0 Å². The number of pyridine rings is 1. The summed E-state index contributed by atoms with van der Waals surface area (Å²) in [5.41, 5.74) is 7.05. The molecule has 2 heteroatoms. The molecular weight excluding hydrogens is 342 g/mol. The normalized spacial score (nSPS) is 13.8. The molecule has 138 valence electrons. The summed E-state index contributed by atoms with van der Waals surface area (Å²) in [6.45, 7) is 3.87. The molecule has 0 spiro atoms. The average molecular weight is 370 g/mol. The Hall–Kier alpha value is -3.13. The van der Waals surface area contributed by atoms with E-state index in [1.807, 2.05) is 24.6 Å². The Morgan fingerprint density at radius 2 is 1.68 bits per heavy atom. The number of aryl methyl sites for hydroxylation is 5. The Balaban J connectivity index is 1.83. The van der Waals surface area contributed by atoms with Crippen LogP contribution in [-0.2, 0) is 7.05 Å². The van der Waals surface area contributed by atoms with E-state index in [4.69, 9.17) is 8.53 Å². The van der Waals surface area contributed by atoms with Crippen LogP contribution in [0.15, 0.2) is 59.1 Å². The number of fused-ring (bicyclic) bond motifs is 4. The summed E-state index contributed by atoms with van der Waals surface area (Å²) >= 11 is 0. The maximum Gasteiger partial charge on any atom is 0.216 e. The standard InChI is InChI=1S/C26H24NO/c1-15-6-8-19-12-22-21-9-7-16(2)25(23-11-17(3)18(4)14-27(23)5)26(21)28-24(22)13-20(19)10-15/h6-14H,1-5H3/q+1/i4D3. The van der Waals surface area contributed by atoms with Crippen LogP contribution in [0.2, 0.25) is 0 Å². The van der Waals surface area contributed by atoms with Crippen molar-refractivity contribution in [1.82, 2.24) is 0 Å². The van der Waals surface area contributed by atoms with Gasteiger partial charge in [0.25, 0.3) is 0 Å². The van der Waals surface area contributed by atoms with Crippen molar-refractivity contribution in [3.8, 4) is 11.3 Å². The first-order valence-corrected chi connectivity index (χ1v) is 9.51. The second-order valence-electron chi connectivity index (χ2n) is 7.80. The molecule has 0 radical (unpaired) electrons. The lowest BCUT2D eigenvalue weighted by Crippen LogP contribution is -2.31. The minimum absolute atomic E-state index is 0.370. The van der Waals surface area contributed by atoms with E-state index >= 15 is 0 Å². The smallest absolute Gasteiger partial charge is 0.216 e. The van der Waals surface area contributed by atoms with Gasteiger partial charge in [-0.3, -0.25) is 0 Å². The molecule has 0 amide bonds. The van der Waals surface area contributed by atoms with Crippen LogP contribution in [0.1, 0.15) is 26.4 Å². The summed E-state index contributed by atoms with van der Waals surface area (Å²) in [6, 6.07) is 16.9. The van der Waals surface area contributed by atoms with E-state index in [0.29, 0.717) is 5.56 Å². The minimum atomic E-state index is -2.14. The third kappa shape index (κ3) is 2.45. The number of rotatable bonds is 1. The number of nitrogens with zero attached hydrogens (tertiary/aromatic N) is 1. The highest BCUT2D eigenvalue weighted by Crippen LogP contribution is 2.38. The molecule has 0 aliphatic carbocycles.